The minimum Gasteiger partial charge on any atom is -0.329 e. The van der Waals surface area contributed by atoms with Crippen LogP contribution in [-0.2, 0) is 0 Å². The zero-order valence-electron chi connectivity index (χ0n) is 15.0. The summed E-state index contributed by atoms with van der Waals surface area (Å²) in [5, 5.41) is 29.7. The zero-order chi connectivity index (χ0) is 19.8. The number of nitro groups is 1. The summed E-state index contributed by atoms with van der Waals surface area (Å²) in [5.74, 6) is 0.489. The van der Waals surface area contributed by atoms with E-state index in [1.54, 1.807) is 6.07 Å². The lowest BCUT2D eigenvalue weighted by molar-refractivity contribution is -0.384. The number of hydrogen-bond acceptors (Lipinski definition) is 6. The van der Waals surface area contributed by atoms with Gasteiger partial charge in [0.2, 0.25) is 5.62 Å². The Labute approximate surface area is 159 Å². The van der Waals surface area contributed by atoms with Gasteiger partial charge in [-0.1, -0.05) is 30.3 Å². The minimum atomic E-state index is -0.496. The van der Waals surface area contributed by atoms with Crippen molar-refractivity contribution in [2.75, 3.05) is 11.9 Å². The zero-order valence-corrected chi connectivity index (χ0v) is 15.0. The third kappa shape index (κ3) is 2.77. The second kappa shape index (κ2) is 6.58. The molecule has 4 rings (SSSR count). The summed E-state index contributed by atoms with van der Waals surface area (Å²) in [6, 6.07) is 18.4. The molecular formula is C20H16N6O2. The van der Waals surface area contributed by atoms with Crippen molar-refractivity contribution in [3.8, 4) is 0 Å². The van der Waals surface area contributed by atoms with E-state index in [9.17, 15) is 10.1 Å². The number of fused-ring (bicyclic) bond motifs is 2. The molecule has 2 N–H and O–H groups in total. The molecule has 0 radical (unpaired) electrons. The molecule has 0 aliphatic rings. The van der Waals surface area contributed by atoms with Crippen molar-refractivity contribution in [3.63, 3.8) is 0 Å². The summed E-state index contributed by atoms with van der Waals surface area (Å²) in [7, 11) is 1.83. The van der Waals surface area contributed by atoms with Crippen LogP contribution < -0.4 is 10.5 Å². The van der Waals surface area contributed by atoms with Crippen molar-refractivity contribution in [3.05, 3.63) is 76.4 Å². The van der Waals surface area contributed by atoms with Gasteiger partial charge >= 0.3 is 0 Å². The Morgan fingerprint density at radius 2 is 1.86 bits per heavy atom. The summed E-state index contributed by atoms with van der Waals surface area (Å²) in [4.78, 5) is 16.8. The van der Waals surface area contributed by atoms with Crippen LogP contribution in [0.5, 0.6) is 0 Å². The van der Waals surface area contributed by atoms with Gasteiger partial charge in [0.1, 0.15) is 5.82 Å². The Morgan fingerprint density at radius 3 is 2.57 bits per heavy atom. The molecule has 1 aromatic heterocycles. The predicted octanol–water partition coefficient (Wildman–Crippen LogP) is 3.80. The van der Waals surface area contributed by atoms with E-state index in [2.05, 4.69) is 4.98 Å². The lowest BCUT2D eigenvalue weighted by Gasteiger charge is -2.21. The SMILES string of the molecule is CN(c1ccc2ccccc2c1)c1nc(=N)n(C=N)c2cc([N+](=O)[O-])ccc12. The van der Waals surface area contributed by atoms with Crippen molar-refractivity contribution in [2.24, 2.45) is 0 Å². The van der Waals surface area contributed by atoms with Crippen LogP contribution in [0.3, 0.4) is 0 Å². The molecule has 8 heteroatoms. The van der Waals surface area contributed by atoms with Crippen molar-refractivity contribution in [2.45, 2.75) is 0 Å². The fourth-order valence-electron chi connectivity index (χ4n) is 3.24. The monoisotopic (exact) mass is 372 g/mol. The summed E-state index contributed by atoms with van der Waals surface area (Å²) < 4.78 is 1.21. The lowest BCUT2D eigenvalue weighted by atomic mass is 10.1. The first-order valence-electron chi connectivity index (χ1n) is 8.48. The number of non-ortho nitro benzene ring substituents is 1. The molecule has 0 aliphatic carbocycles. The molecule has 1 heterocycles. The highest BCUT2D eigenvalue weighted by atomic mass is 16.6. The molecule has 0 fully saturated rings. The van der Waals surface area contributed by atoms with E-state index in [1.165, 1.54) is 16.7 Å². The van der Waals surface area contributed by atoms with Gasteiger partial charge in [-0.3, -0.25) is 25.5 Å². The van der Waals surface area contributed by atoms with Crippen LogP contribution in [0.15, 0.2) is 60.7 Å². The van der Waals surface area contributed by atoms with Crippen molar-refractivity contribution in [1.29, 1.82) is 10.8 Å². The van der Waals surface area contributed by atoms with Gasteiger partial charge in [-0.25, -0.2) is 0 Å². The summed E-state index contributed by atoms with van der Waals surface area (Å²) >= 11 is 0. The average molecular weight is 372 g/mol. The van der Waals surface area contributed by atoms with Crippen LogP contribution in [0.1, 0.15) is 0 Å². The molecule has 0 unspecified atom stereocenters. The van der Waals surface area contributed by atoms with Crippen LogP contribution >= 0.6 is 0 Å². The first-order valence-corrected chi connectivity index (χ1v) is 8.48. The summed E-state index contributed by atoms with van der Waals surface area (Å²) in [5.41, 5.74) is 0.975. The molecule has 0 spiro atoms. The average Bonchev–Trinajstić information content (AvgIpc) is 2.71. The van der Waals surface area contributed by atoms with Crippen molar-refractivity contribution >= 4 is 45.2 Å². The number of nitro benzene ring substituents is 1. The fraction of sp³-hybridized carbons (Fsp3) is 0.0500. The molecule has 4 aromatic rings. The second-order valence-electron chi connectivity index (χ2n) is 6.31. The Hall–Kier alpha value is -4.07. The Bertz CT molecular complexity index is 1310. The van der Waals surface area contributed by atoms with E-state index < -0.39 is 4.92 Å². The third-order valence-electron chi connectivity index (χ3n) is 4.70. The maximum absolute atomic E-state index is 11.2. The number of benzene rings is 3. The van der Waals surface area contributed by atoms with Crippen molar-refractivity contribution < 1.29 is 4.92 Å². The third-order valence-corrected chi connectivity index (χ3v) is 4.70. The highest BCUT2D eigenvalue weighted by Gasteiger charge is 2.16. The van der Waals surface area contributed by atoms with E-state index in [1.807, 2.05) is 54.4 Å². The normalized spacial score (nSPS) is 10.9. The largest absolute Gasteiger partial charge is 0.329 e. The molecule has 28 heavy (non-hydrogen) atoms. The highest BCUT2D eigenvalue weighted by molar-refractivity contribution is 5.96. The minimum absolute atomic E-state index is 0.104. The standard InChI is InChI=1S/C20H16N6O2/c1-24(15-7-6-13-4-2-3-5-14(13)10-15)19-17-9-8-16(26(27)28)11-18(17)25(12-21)20(22)23-19/h2-12,21-22H,1H3. The smallest absolute Gasteiger partial charge is 0.271 e. The van der Waals surface area contributed by atoms with E-state index in [0.717, 1.165) is 22.8 Å². The molecule has 0 amide bonds. The molecule has 0 aliphatic heterocycles. The molecule has 138 valence electrons. The first kappa shape index (κ1) is 17.3. The lowest BCUT2D eigenvalue weighted by Crippen LogP contribution is -2.26. The molecule has 0 saturated heterocycles. The van der Waals surface area contributed by atoms with Gasteiger partial charge in [-0.05, 0) is 29.0 Å². The van der Waals surface area contributed by atoms with Crippen molar-refractivity contribution in [1.82, 2.24) is 9.55 Å². The van der Waals surface area contributed by atoms with Crippen LogP contribution in [0.2, 0.25) is 0 Å². The molecule has 0 saturated carbocycles. The van der Waals surface area contributed by atoms with Gasteiger partial charge in [-0.15, -0.1) is 0 Å². The van der Waals surface area contributed by atoms with Gasteiger partial charge in [0.25, 0.3) is 5.69 Å². The molecule has 0 atom stereocenters. The van der Waals surface area contributed by atoms with Crippen LogP contribution in [-0.4, -0.2) is 27.9 Å². The molecular weight excluding hydrogens is 356 g/mol. The number of hydrogen-bond donors (Lipinski definition) is 2. The Kier molecular flexibility index (Phi) is 4.08. The van der Waals surface area contributed by atoms with Crippen LogP contribution in [0.4, 0.5) is 17.2 Å². The first-order chi connectivity index (χ1) is 13.5. The van der Waals surface area contributed by atoms with Gasteiger partial charge in [0.15, 0.2) is 0 Å². The summed E-state index contributed by atoms with van der Waals surface area (Å²) in [6.07, 6.45) is 0.932. The van der Waals surface area contributed by atoms with Gasteiger partial charge < -0.3 is 4.90 Å². The van der Waals surface area contributed by atoms with Crippen LogP contribution in [0, 0.1) is 20.9 Å². The Morgan fingerprint density at radius 1 is 1.11 bits per heavy atom. The van der Waals surface area contributed by atoms with E-state index in [0.29, 0.717) is 16.7 Å². The Balaban J connectivity index is 1.95. The number of nitrogens with zero attached hydrogens (tertiary/aromatic N) is 4. The second-order valence-corrected chi connectivity index (χ2v) is 6.31. The number of rotatable bonds is 4. The molecule has 8 nitrogen and oxygen atoms in total. The quantitative estimate of drug-likeness (QED) is 0.245. The fourth-order valence-corrected chi connectivity index (χ4v) is 3.24. The maximum atomic E-state index is 11.2. The number of anilines is 2. The number of nitrogens with one attached hydrogen (secondary N) is 2. The predicted molar refractivity (Wildman–Crippen MR) is 108 cm³/mol. The highest BCUT2D eigenvalue weighted by Crippen LogP contribution is 2.31. The maximum Gasteiger partial charge on any atom is 0.271 e. The molecule has 3 aromatic carbocycles. The number of aromatic nitrogens is 2. The van der Waals surface area contributed by atoms with Gasteiger partial charge in [-0.2, -0.15) is 4.98 Å². The molecule has 0 bridgehead atoms. The topological polar surface area (TPSA) is 112 Å². The van der Waals surface area contributed by atoms with E-state index in [4.69, 9.17) is 10.8 Å². The van der Waals surface area contributed by atoms with E-state index >= 15 is 0 Å². The van der Waals surface area contributed by atoms with E-state index in [-0.39, 0.29) is 11.3 Å². The summed E-state index contributed by atoms with van der Waals surface area (Å²) in [6.45, 7) is 0. The van der Waals surface area contributed by atoms with Gasteiger partial charge in [0.05, 0.1) is 16.8 Å². The van der Waals surface area contributed by atoms with Gasteiger partial charge in [0, 0.05) is 30.3 Å². The van der Waals surface area contributed by atoms with Crippen LogP contribution in [0.25, 0.3) is 21.7 Å².